The molecule has 21 heavy (non-hydrogen) atoms. The summed E-state index contributed by atoms with van der Waals surface area (Å²) in [7, 11) is -3.34. The van der Waals surface area contributed by atoms with Crippen LogP contribution < -0.4 is 10.0 Å². The van der Waals surface area contributed by atoms with Gasteiger partial charge < -0.3 is 10.4 Å². The van der Waals surface area contributed by atoms with Gasteiger partial charge in [0.15, 0.2) is 0 Å². The fourth-order valence-corrected chi connectivity index (χ4v) is 2.38. The Balaban J connectivity index is 2.12. The average Bonchev–Trinajstić information content (AvgIpc) is 2.39. The van der Waals surface area contributed by atoms with Gasteiger partial charge >= 0.3 is 0 Å². The van der Waals surface area contributed by atoms with Gasteiger partial charge in [0, 0.05) is 0 Å². The van der Waals surface area contributed by atoms with Gasteiger partial charge in [0.2, 0.25) is 10.0 Å². The summed E-state index contributed by atoms with van der Waals surface area (Å²) in [6.45, 7) is 0.391. The van der Waals surface area contributed by atoms with E-state index < -0.39 is 10.0 Å². The normalized spacial score (nSPS) is 11.1. The number of anilines is 2. The summed E-state index contributed by atoms with van der Waals surface area (Å²) in [5.41, 5.74) is 1.72. The second-order valence-corrected chi connectivity index (χ2v) is 6.59. The van der Waals surface area contributed by atoms with Crippen molar-refractivity contribution in [1.82, 2.24) is 4.98 Å². The molecule has 0 aliphatic heterocycles. The lowest BCUT2D eigenvalue weighted by molar-refractivity contribution is 0.472. The third-order valence-electron chi connectivity index (χ3n) is 2.54. The highest BCUT2D eigenvalue weighted by Gasteiger charge is 2.06. The number of benzene rings is 1. The molecule has 6 nitrogen and oxygen atoms in total. The number of rotatable bonds is 5. The van der Waals surface area contributed by atoms with Crippen LogP contribution in [0.5, 0.6) is 5.75 Å². The molecule has 8 heteroatoms. The standard InChI is InChI=1S/C13H14ClN3O3S/c1-21(19,20)17-9-3-5-12(14)13(6-9)16-7-10-2-4-11(18)8-15-10/h2-6,8,16-18H,7H2,1H3. The zero-order chi connectivity index (χ0) is 15.5. The van der Waals surface area contributed by atoms with Gasteiger partial charge in [-0.05, 0) is 30.3 Å². The number of aromatic hydroxyl groups is 1. The first-order chi connectivity index (χ1) is 9.83. The number of nitrogens with zero attached hydrogens (tertiary/aromatic N) is 1. The molecule has 1 aromatic heterocycles. The van der Waals surface area contributed by atoms with Crippen molar-refractivity contribution in [3.8, 4) is 5.75 Å². The van der Waals surface area contributed by atoms with Crippen molar-refractivity contribution >= 4 is 33.0 Å². The van der Waals surface area contributed by atoms with Crippen molar-refractivity contribution in [2.24, 2.45) is 0 Å². The van der Waals surface area contributed by atoms with Gasteiger partial charge in [0.1, 0.15) is 5.75 Å². The van der Waals surface area contributed by atoms with E-state index in [1.165, 1.54) is 12.3 Å². The fourth-order valence-electron chi connectivity index (χ4n) is 1.65. The molecular formula is C13H14ClN3O3S. The maximum absolute atomic E-state index is 11.2. The van der Waals surface area contributed by atoms with Crippen LogP contribution in [0.1, 0.15) is 5.69 Å². The molecule has 1 heterocycles. The van der Waals surface area contributed by atoms with Crippen molar-refractivity contribution in [3.63, 3.8) is 0 Å². The Morgan fingerprint density at radius 1 is 1.29 bits per heavy atom. The molecule has 0 amide bonds. The fraction of sp³-hybridized carbons (Fsp3) is 0.154. The molecule has 1 aromatic carbocycles. The second kappa shape index (κ2) is 6.19. The Morgan fingerprint density at radius 3 is 2.67 bits per heavy atom. The number of halogens is 1. The number of sulfonamides is 1. The van der Waals surface area contributed by atoms with Crippen LogP contribution in [0.25, 0.3) is 0 Å². The minimum absolute atomic E-state index is 0.0936. The van der Waals surface area contributed by atoms with E-state index in [2.05, 4.69) is 15.0 Å². The van der Waals surface area contributed by atoms with Gasteiger partial charge in [-0.1, -0.05) is 11.6 Å². The van der Waals surface area contributed by atoms with Crippen LogP contribution in [0.15, 0.2) is 36.5 Å². The second-order valence-electron chi connectivity index (χ2n) is 4.43. The number of aromatic nitrogens is 1. The maximum Gasteiger partial charge on any atom is 0.229 e. The molecule has 0 atom stereocenters. The summed E-state index contributed by atoms with van der Waals surface area (Å²) in [5.74, 6) is 0.0936. The molecular weight excluding hydrogens is 314 g/mol. The molecule has 0 unspecified atom stereocenters. The molecule has 2 aromatic rings. The summed E-state index contributed by atoms with van der Waals surface area (Å²) in [6, 6.07) is 7.99. The lowest BCUT2D eigenvalue weighted by Gasteiger charge is -2.11. The zero-order valence-corrected chi connectivity index (χ0v) is 12.7. The molecule has 0 bridgehead atoms. The van der Waals surface area contributed by atoms with E-state index in [1.807, 2.05) is 0 Å². The summed E-state index contributed by atoms with van der Waals surface area (Å²) < 4.78 is 24.8. The lowest BCUT2D eigenvalue weighted by Crippen LogP contribution is -2.10. The summed E-state index contributed by atoms with van der Waals surface area (Å²) in [5, 5.41) is 12.7. The van der Waals surface area contributed by atoms with Crippen LogP contribution in [0, 0.1) is 0 Å². The van der Waals surface area contributed by atoms with E-state index in [-0.39, 0.29) is 5.75 Å². The van der Waals surface area contributed by atoms with Crippen LogP contribution in [0.2, 0.25) is 5.02 Å². The van der Waals surface area contributed by atoms with Crippen LogP contribution >= 0.6 is 11.6 Å². The first kappa shape index (κ1) is 15.4. The van der Waals surface area contributed by atoms with Gasteiger partial charge in [0.05, 0.1) is 41.1 Å². The van der Waals surface area contributed by atoms with Crippen LogP contribution in [-0.2, 0) is 16.6 Å². The molecule has 0 saturated heterocycles. The lowest BCUT2D eigenvalue weighted by atomic mass is 10.2. The number of hydrogen-bond acceptors (Lipinski definition) is 5. The molecule has 112 valence electrons. The highest BCUT2D eigenvalue weighted by molar-refractivity contribution is 7.92. The van der Waals surface area contributed by atoms with Crippen LogP contribution in [-0.4, -0.2) is 24.8 Å². The van der Waals surface area contributed by atoms with Gasteiger partial charge in [-0.15, -0.1) is 0 Å². The predicted octanol–water partition coefficient (Wildman–Crippen LogP) is 2.42. The van der Waals surface area contributed by atoms with Crippen molar-refractivity contribution < 1.29 is 13.5 Å². The smallest absolute Gasteiger partial charge is 0.229 e. The van der Waals surface area contributed by atoms with Crippen molar-refractivity contribution in [2.45, 2.75) is 6.54 Å². The van der Waals surface area contributed by atoms with Gasteiger partial charge in [-0.2, -0.15) is 0 Å². The quantitative estimate of drug-likeness (QED) is 0.784. The zero-order valence-electron chi connectivity index (χ0n) is 11.2. The third-order valence-corrected chi connectivity index (χ3v) is 3.47. The minimum atomic E-state index is -3.34. The Morgan fingerprint density at radius 2 is 2.05 bits per heavy atom. The number of nitrogens with one attached hydrogen (secondary N) is 2. The first-order valence-electron chi connectivity index (χ1n) is 5.98. The monoisotopic (exact) mass is 327 g/mol. The number of pyridine rings is 1. The van der Waals surface area contributed by atoms with E-state index in [0.29, 0.717) is 28.6 Å². The largest absolute Gasteiger partial charge is 0.506 e. The van der Waals surface area contributed by atoms with E-state index >= 15 is 0 Å². The predicted molar refractivity (Wildman–Crippen MR) is 83.1 cm³/mol. The van der Waals surface area contributed by atoms with Gasteiger partial charge in [0.25, 0.3) is 0 Å². The van der Waals surface area contributed by atoms with Crippen molar-refractivity contribution in [1.29, 1.82) is 0 Å². The maximum atomic E-state index is 11.2. The number of hydrogen-bond donors (Lipinski definition) is 3. The van der Waals surface area contributed by atoms with E-state index in [4.69, 9.17) is 16.7 Å². The molecule has 2 rings (SSSR count). The summed E-state index contributed by atoms with van der Waals surface area (Å²) in [4.78, 5) is 4.04. The molecule has 0 saturated carbocycles. The van der Waals surface area contributed by atoms with Crippen LogP contribution in [0.3, 0.4) is 0 Å². The Labute approximate surface area is 127 Å². The molecule has 0 spiro atoms. The Hall–Kier alpha value is -1.99. The minimum Gasteiger partial charge on any atom is -0.506 e. The molecule has 0 fully saturated rings. The van der Waals surface area contributed by atoms with Gasteiger partial charge in [-0.3, -0.25) is 9.71 Å². The van der Waals surface area contributed by atoms with Crippen molar-refractivity contribution in [3.05, 3.63) is 47.2 Å². The average molecular weight is 328 g/mol. The molecule has 3 N–H and O–H groups in total. The SMILES string of the molecule is CS(=O)(=O)Nc1ccc(Cl)c(NCc2ccc(O)cn2)c1. The highest BCUT2D eigenvalue weighted by atomic mass is 35.5. The van der Waals surface area contributed by atoms with E-state index in [1.54, 1.807) is 24.3 Å². The summed E-state index contributed by atoms with van der Waals surface area (Å²) >= 11 is 6.06. The molecule has 0 aliphatic carbocycles. The Bertz CT molecular complexity index is 733. The topological polar surface area (TPSA) is 91.3 Å². The van der Waals surface area contributed by atoms with Crippen LogP contribution in [0.4, 0.5) is 11.4 Å². The molecule has 0 radical (unpaired) electrons. The van der Waals surface area contributed by atoms with E-state index in [0.717, 1.165) is 6.26 Å². The third kappa shape index (κ3) is 4.80. The van der Waals surface area contributed by atoms with E-state index in [9.17, 15) is 8.42 Å². The van der Waals surface area contributed by atoms with Crippen molar-refractivity contribution in [2.75, 3.05) is 16.3 Å². The molecule has 0 aliphatic rings. The Kier molecular flexibility index (Phi) is 4.54. The van der Waals surface area contributed by atoms with Gasteiger partial charge in [-0.25, -0.2) is 8.42 Å². The highest BCUT2D eigenvalue weighted by Crippen LogP contribution is 2.26. The first-order valence-corrected chi connectivity index (χ1v) is 8.25. The summed E-state index contributed by atoms with van der Waals surface area (Å²) in [6.07, 6.45) is 2.43.